The highest BCUT2D eigenvalue weighted by atomic mass is 35.5. The third-order valence-corrected chi connectivity index (χ3v) is 5.05. The van der Waals surface area contributed by atoms with E-state index in [1.165, 1.54) is 0 Å². The summed E-state index contributed by atoms with van der Waals surface area (Å²) in [6.07, 6.45) is 2.66. The van der Waals surface area contributed by atoms with Crippen LogP contribution in [0.5, 0.6) is 0 Å². The molecule has 1 fully saturated rings. The number of hydrogen-bond donors (Lipinski definition) is 0. The first-order valence-corrected chi connectivity index (χ1v) is 10.2. The minimum atomic E-state index is -0.611. The average Bonchev–Trinajstić information content (AvgIpc) is 3.17. The number of fused-ring (bicyclic) bond motifs is 1. The summed E-state index contributed by atoms with van der Waals surface area (Å²) in [5, 5.41) is 5.73. The molecule has 1 aliphatic heterocycles. The fourth-order valence-corrected chi connectivity index (χ4v) is 3.61. The number of hydrogen-bond acceptors (Lipinski definition) is 7. The molecule has 0 saturated carbocycles. The van der Waals surface area contributed by atoms with Gasteiger partial charge >= 0.3 is 6.09 Å². The Labute approximate surface area is 179 Å². The SMILES string of the molecule is C[C@@H]1COCCN1c1cc(Cl)c2ccnc(-c3ccn(C(=O)OC(C)(C)C)n3)c2n1. The van der Waals surface area contributed by atoms with E-state index >= 15 is 0 Å². The predicted molar refractivity (Wildman–Crippen MR) is 115 cm³/mol. The number of anilines is 1. The van der Waals surface area contributed by atoms with Crippen molar-refractivity contribution in [1.82, 2.24) is 19.7 Å². The van der Waals surface area contributed by atoms with Crippen LogP contribution in [0.3, 0.4) is 0 Å². The summed E-state index contributed by atoms with van der Waals surface area (Å²) in [5.74, 6) is 0.768. The zero-order valence-electron chi connectivity index (χ0n) is 17.4. The maximum absolute atomic E-state index is 12.3. The van der Waals surface area contributed by atoms with Crippen LogP contribution < -0.4 is 4.90 Å². The molecule has 9 heteroatoms. The molecule has 0 aliphatic carbocycles. The Kier molecular flexibility index (Phi) is 5.38. The zero-order valence-corrected chi connectivity index (χ0v) is 18.2. The number of aromatic nitrogens is 4. The average molecular weight is 430 g/mol. The third-order valence-electron chi connectivity index (χ3n) is 4.74. The lowest BCUT2D eigenvalue weighted by atomic mass is 10.1. The number of ether oxygens (including phenoxy) is 2. The Balaban J connectivity index is 1.76. The Morgan fingerprint density at radius 2 is 2.13 bits per heavy atom. The lowest BCUT2D eigenvalue weighted by Gasteiger charge is -2.34. The molecule has 4 rings (SSSR count). The van der Waals surface area contributed by atoms with E-state index in [0.29, 0.717) is 35.1 Å². The predicted octanol–water partition coefficient (Wildman–Crippen LogP) is 4.16. The fraction of sp³-hybridized carbons (Fsp3) is 0.429. The highest BCUT2D eigenvalue weighted by molar-refractivity contribution is 6.35. The van der Waals surface area contributed by atoms with Crippen molar-refractivity contribution >= 4 is 34.4 Å². The summed E-state index contributed by atoms with van der Waals surface area (Å²) in [5.41, 5.74) is 1.09. The van der Waals surface area contributed by atoms with Gasteiger partial charge in [-0.1, -0.05) is 11.6 Å². The van der Waals surface area contributed by atoms with Crippen LogP contribution in [0.25, 0.3) is 22.3 Å². The lowest BCUT2D eigenvalue weighted by molar-refractivity contribution is 0.0515. The summed E-state index contributed by atoms with van der Waals surface area (Å²) in [4.78, 5) is 23.8. The smallest absolute Gasteiger partial charge is 0.435 e. The Morgan fingerprint density at radius 1 is 1.33 bits per heavy atom. The number of halogens is 1. The molecule has 1 saturated heterocycles. The van der Waals surface area contributed by atoms with E-state index in [-0.39, 0.29) is 6.04 Å². The van der Waals surface area contributed by atoms with Crippen LogP contribution in [-0.4, -0.2) is 57.2 Å². The van der Waals surface area contributed by atoms with E-state index in [0.717, 1.165) is 22.4 Å². The number of pyridine rings is 2. The maximum atomic E-state index is 12.3. The highest BCUT2D eigenvalue weighted by Gasteiger charge is 2.23. The van der Waals surface area contributed by atoms with E-state index in [4.69, 9.17) is 26.1 Å². The van der Waals surface area contributed by atoms with Crippen molar-refractivity contribution in [2.75, 3.05) is 24.7 Å². The van der Waals surface area contributed by atoms with E-state index in [9.17, 15) is 4.79 Å². The monoisotopic (exact) mass is 429 g/mol. The summed E-state index contributed by atoms with van der Waals surface area (Å²) in [7, 11) is 0. The van der Waals surface area contributed by atoms with Crippen molar-refractivity contribution in [1.29, 1.82) is 0 Å². The molecule has 0 radical (unpaired) electrons. The molecule has 4 heterocycles. The lowest BCUT2D eigenvalue weighted by Crippen LogP contribution is -2.44. The Morgan fingerprint density at radius 3 is 2.87 bits per heavy atom. The normalized spacial score (nSPS) is 17.4. The second kappa shape index (κ2) is 7.85. The second-order valence-electron chi connectivity index (χ2n) is 8.26. The van der Waals surface area contributed by atoms with Crippen LogP contribution in [-0.2, 0) is 9.47 Å². The summed E-state index contributed by atoms with van der Waals surface area (Å²) >= 11 is 6.59. The molecule has 8 nitrogen and oxygen atoms in total. The first-order valence-electron chi connectivity index (χ1n) is 9.82. The summed E-state index contributed by atoms with van der Waals surface area (Å²) < 4.78 is 12.1. The Hall–Kier alpha value is -2.71. The van der Waals surface area contributed by atoms with Gasteiger partial charge in [0.15, 0.2) is 0 Å². The molecule has 1 atom stereocenters. The van der Waals surface area contributed by atoms with Gasteiger partial charge in [-0.15, -0.1) is 0 Å². The van der Waals surface area contributed by atoms with Gasteiger partial charge in [0.05, 0.1) is 24.3 Å². The highest BCUT2D eigenvalue weighted by Crippen LogP contribution is 2.32. The minimum absolute atomic E-state index is 0.186. The van der Waals surface area contributed by atoms with Crippen LogP contribution in [0.1, 0.15) is 27.7 Å². The number of morpholine rings is 1. The van der Waals surface area contributed by atoms with Crippen molar-refractivity contribution in [2.24, 2.45) is 0 Å². The molecule has 158 valence electrons. The van der Waals surface area contributed by atoms with Crippen molar-refractivity contribution in [3.05, 3.63) is 35.6 Å². The molecule has 3 aromatic rings. The van der Waals surface area contributed by atoms with Gasteiger partial charge < -0.3 is 14.4 Å². The number of carbonyl (C=O) groups excluding carboxylic acids is 1. The molecule has 0 unspecified atom stereocenters. The molecular formula is C21H24ClN5O3. The zero-order chi connectivity index (χ0) is 21.5. The first-order chi connectivity index (χ1) is 14.2. The standard InChI is InChI=1S/C21H24ClN5O3/c1-13-12-29-10-9-26(13)17-11-15(22)14-5-7-23-19(18(14)24-17)16-6-8-27(25-16)20(28)30-21(2,3)4/h5-8,11,13H,9-10,12H2,1-4H3/t13-/m1/s1. The number of carbonyl (C=O) groups is 1. The molecule has 0 amide bonds. The molecular weight excluding hydrogens is 406 g/mol. The van der Waals surface area contributed by atoms with Crippen LogP contribution in [0, 0.1) is 0 Å². The van der Waals surface area contributed by atoms with Crippen LogP contribution in [0.4, 0.5) is 10.6 Å². The van der Waals surface area contributed by atoms with Gasteiger partial charge in [0, 0.05) is 24.3 Å². The quantitative estimate of drug-likeness (QED) is 0.605. The Bertz CT molecular complexity index is 1090. The largest absolute Gasteiger partial charge is 0.442 e. The van der Waals surface area contributed by atoms with Crippen molar-refractivity contribution in [2.45, 2.75) is 39.3 Å². The van der Waals surface area contributed by atoms with Crippen molar-refractivity contribution in [3.8, 4) is 11.4 Å². The third kappa shape index (κ3) is 4.11. The molecule has 0 spiro atoms. The second-order valence-corrected chi connectivity index (χ2v) is 8.67. The van der Waals surface area contributed by atoms with Gasteiger partial charge in [0.2, 0.25) is 0 Å². The molecule has 30 heavy (non-hydrogen) atoms. The van der Waals surface area contributed by atoms with Crippen molar-refractivity contribution in [3.63, 3.8) is 0 Å². The molecule has 3 aromatic heterocycles. The van der Waals surface area contributed by atoms with Gasteiger partial charge in [-0.2, -0.15) is 9.78 Å². The van der Waals surface area contributed by atoms with Gasteiger partial charge in [0.1, 0.15) is 28.3 Å². The number of rotatable bonds is 2. The fourth-order valence-electron chi connectivity index (χ4n) is 3.36. The van der Waals surface area contributed by atoms with Crippen LogP contribution in [0.15, 0.2) is 30.6 Å². The van der Waals surface area contributed by atoms with Crippen LogP contribution >= 0.6 is 11.6 Å². The molecule has 0 N–H and O–H groups in total. The van der Waals surface area contributed by atoms with Gasteiger partial charge in [0.25, 0.3) is 0 Å². The van der Waals surface area contributed by atoms with Gasteiger partial charge in [-0.3, -0.25) is 4.98 Å². The molecule has 0 aromatic carbocycles. The van der Waals surface area contributed by atoms with Crippen LogP contribution in [0.2, 0.25) is 5.02 Å². The molecule has 0 bridgehead atoms. The van der Waals surface area contributed by atoms with Crippen molar-refractivity contribution < 1.29 is 14.3 Å². The van der Waals surface area contributed by atoms with Gasteiger partial charge in [-0.25, -0.2) is 9.78 Å². The maximum Gasteiger partial charge on any atom is 0.435 e. The summed E-state index contributed by atoms with van der Waals surface area (Å²) in [6, 6.07) is 5.59. The number of nitrogens with zero attached hydrogens (tertiary/aromatic N) is 5. The van der Waals surface area contributed by atoms with E-state index < -0.39 is 11.7 Å². The van der Waals surface area contributed by atoms with E-state index in [2.05, 4.69) is 21.9 Å². The van der Waals surface area contributed by atoms with E-state index in [1.54, 1.807) is 18.5 Å². The minimum Gasteiger partial charge on any atom is -0.442 e. The molecule has 1 aliphatic rings. The van der Waals surface area contributed by atoms with Gasteiger partial charge in [-0.05, 0) is 45.9 Å². The first kappa shape index (κ1) is 20.6. The van der Waals surface area contributed by atoms with E-state index in [1.807, 2.05) is 32.9 Å². The summed E-state index contributed by atoms with van der Waals surface area (Å²) in [6.45, 7) is 9.52. The topological polar surface area (TPSA) is 82.4 Å².